The van der Waals surface area contributed by atoms with Gasteiger partial charge in [0.15, 0.2) is 0 Å². The molecule has 0 radical (unpaired) electrons. The smallest absolute Gasteiger partial charge is 0.325 e. The van der Waals surface area contributed by atoms with Crippen LogP contribution >= 0.6 is 0 Å². The van der Waals surface area contributed by atoms with Crippen LogP contribution in [-0.4, -0.2) is 24.7 Å². The Bertz CT molecular complexity index is 466. The number of esters is 1. The first-order valence-corrected chi connectivity index (χ1v) is 6.55. The molecule has 1 aliphatic carbocycles. The minimum absolute atomic E-state index is 0.0229. The van der Waals surface area contributed by atoms with Gasteiger partial charge in [-0.05, 0) is 49.9 Å². The number of hydrogen-bond acceptors (Lipinski definition) is 4. The fraction of sp³-hybridized carbons (Fsp3) is 0.533. The first-order chi connectivity index (χ1) is 8.93. The number of benzene rings is 1. The summed E-state index contributed by atoms with van der Waals surface area (Å²) in [6.45, 7) is 4.08. The maximum atomic E-state index is 11.6. The molecule has 0 aromatic heterocycles. The van der Waals surface area contributed by atoms with E-state index in [4.69, 9.17) is 15.2 Å². The van der Waals surface area contributed by atoms with Crippen molar-refractivity contribution in [3.8, 4) is 5.75 Å². The van der Waals surface area contributed by atoms with Crippen molar-refractivity contribution in [2.75, 3.05) is 7.11 Å². The van der Waals surface area contributed by atoms with E-state index >= 15 is 0 Å². The standard InChI is InChI=1S/C15H21NO3/c1-10-6-11(2)8-13(7-10)19-12-4-5-15(16,9-12)14(17)18-3/h6-8,12H,4-5,9,16H2,1-3H3. The minimum Gasteiger partial charge on any atom is -0.490 e. The van der Waals surface area contributed by atoms with Crippen LogP contribution in [0.15, 0.2) is 18.2 Å². The van der Waals surface area contributed by atoms with Gasteiger partial charge in [0.1, 0.15) is 17.4 Å². The van der Waals surface area contributed by atoms with Crippen LogP contribution in [0.1, 0.15) is 30.4 Å². The molecule has 1 aliphatic rings. The van der Waals surface area contributed by atoms with E-state index in [1.54, 1.807) is 0 Å². The van der Waals surface area contributed by atoms with Gasteiger partial charge in [-0.1, -0.05) is 6.07 Å². The van der Waals surface area contributed by atoms with Crippen molar-refractivity contribution in [2.45, 2.75) is 44.8 Å². The summed E-state index contributed by atoms with van der Waals surface area (Å²) < 4.78 is 10.7. The molecule has 104 valence electrons. The van der Waals surface area contributed by atoms with Gasteiger partial charge >= 0.3 is 5.97 Å². The molecule has 0 saturated heterocycles. The lowest BCUT2D eigenvalue weighted by atomic mass is 10.00. The van der Waals surface area contributed by atoms with Gasteiger partial charge < -0.3 is 15.2 Å². The SMILES string of the molecule is COC(=O)C1(N)CCC(Oc2cc(C)cc(C)c2)C1. The van der Waals surface area contributed by atoms with Crippen LogP contribution in [-0.2, 0) is 9.53 Å². The Morgan fingerprint density at radius 2 is 1.95 bits per heavy atom. The van der Waals surface area contributed by atoms with Crippen molar-refractivity contribution >= 4 is 5.97 Å². The van der Waals surface area contributed by atoms with Crippen LogP contribution in [0.2, 0.25) is 0 Å². The zero-order valence-electron chi connectivity index (χ0n) is 11.7. The average molecular weight is 263 g/mol. The Hall–Kier alpha value is -1.55. The summed E-state index contributed by atoms with van der Waals surface area (Å²) in [4.78, 5) is 11.6. The summed E-state index contributed by atoms with van der Waals surface area (Å²) in [6, 6.07) is 6.10. The van der Waals surface area contributed by atoms with Gasteiger partial charge in [-0.25, -0.2) is 0 Å². The lowest BCUT2D eigenvalue weighted by molar-refractivity contribution is -0.147. The molecule has 0 aliphatic heterocycles. The molecule has 2 N–H and O–H groups in total. The van der Waals surface area contributed by atoms with Crippen LogP contribution in [0.4, 0.5) is 0 Å². The second kappa shape index (κ2) is 5.21. The zero-order chi connectivity index (χ0) is 14.0. The third-order valence-electron chi connectivity index (χ3n) is 3.59. The molecule has 4 heteroatoms. The largest absolute Gasteiger partial charge is 0.490 e. The van der Waals surface area contributed by atoms with Gasteiger partial charge in [0.2, 0.25) is 0 Å². The number of nitrogens with two attached hydrogens (primary N) is 1. The molecule has 2 unspecified atom stereocenters. The van der Waals surface area contributed by atoms with E-state index in [-0.39, 0.29) is 12.1 Å². The third kappa shape index (κ3) is 3.07. The predicted octanol–water partition coefficient (Wildman–Crippen LogP) is 2.11. The van der Waals surface area contributed by atoms with Gasteiger partial charge in [-0.2, -0.15) is 0 Å². The molecular formula is C15H21NO3. The summed E-state index contributed by atoms with van der Waals surface area (Å²) in [5.41, 5.74) is 7.51. The highest BCUT2D eigenvalue weighted by Crippen LogP contribution is 2.32. The second-order valence-corrected chi connectivity index (χ2v) is 5.45. The molecule has 2 rings (SSSR count). The molecule has 1 saturated carbocycles. The molecule has 0 bridgehead atoms. The highest BCUT2D eigenvalue weighted by atomic mass is 16.5. The number of rotatable bonds is 3. The van der Waals surface area contributed by atoms with Gasteiger partial charge in [0.25, 0.3) is 0 Å². The van der Waals surface area contributed by atoms with Crippen molar-refractivity contribution in [2.24, 2.45) is 5.73 Å². The van der Waals surface area contributed by atoms with Crippen LogP contribution in [0.5, 0.6) is 5.75 Å². The van der Waals surface area contributed by atoms with E-state index in [1.807, 2.05) is 26.0 Å². The van der Waals surface area contributed by atoms with Gasteiger partial charge in [0.05, 0.1) is 7.11 Å². The van der Waals surface area contributed by atoms with E-state index in [0.717, 1.165) is 12.2 Å². The van der Waals surface area contributed by atoms with Crippen molar-refractivity contribution < 1.29 is 14.3 Å². The van der Waals surface area contributed by atoms with Crippen LogP contribution in [0, 0.1) is 13.8 Å². The lowest BCUT2D eigenvalue weighted by Crippen LogP contribution is -2.47. The molecule has 4 nitrogen and oxygen atoms in total. The normalized spacial score (nSPS) is 26.2. The Morgan fingerprint density at radius 1 is 1.32 bits per heavy atom. The minimum atomic E-state index is -0.891. The van der Waals surface area contributed by atoms with Crippen molar-refractivity contribution in [1.29, 1.82) is 0 Å². The van der Waals surface area contributed by atoms with Crippen LogP contribution in [0.25, 0.3) is 0 Å². The molecule has 1 aromatic carbocycles. The molecule has 1 aromatic rings. The summed E-state index contributed by atoms with van der Waals surface area (Å²) in [6.07, 6.45) is 1.87. The quantitative estimate of drug-likeness (QED) is 0.848. The number of carbonyl (C=O) groups excluding carboxylic acids is 1. The first-order valence-electron chi connectivity index (χ1n) is 6.55. The first kappa shape index (κ1) is 13.9. The average Bonchev–Trinajstić information content (AvgIpc) is 2.69. The zero-order valence-corrected chi connectivity index (χ0v) is 11.7. The number of methoxy groups -OCH3 is 1. The summed E-state index contributed by atoms with van der Waals surface area (Å²) in [5.74, 6) is 0.496. The summed E-state index contributed by atoms with van der Waals surface area (Å²) in [5, 5.41) is 0. The topological polar surface area (TPSA) is 61.5 Å². The van der Waals surface area contributed by atoms with E-state index in [1.165, 1.54) is 18.2 Å². The second-order valence-electron chi connectivity index (χ2n) is 5.45. The summed E-state index contributed by atoms with van der Waals surface area (Å²) in [7, 11) is 1.37. The monoisotopic (exact) mass is 263 g/mol. The Balaban J connectivity index is 2.04. The maximum Gasteiger partial charge on any atom is 0.325 e. The Morgan fingerprint density at radius 3 is 2.53 bits per heavy atom. The Kier molecular flexibility index (Phi) is 3.80. The highest BCUT2D eigenvalue weighted by Gasteiger charge is 2.44. The molecule has 0 heterocycles. The molecule has 0 spiro atoms. The van der Waals surface area contributed by atoms with Crippen LogP contribution in [0.3, 0.4) is 0 Å². The van der Waals surface area contributed by atoms with Gasteiger partial charge in [-0.3, -0.25) is 4.79 Å². The van der Waals surface area contributed by atoms with E-state index < -0.39 is 5.54 Å². The van der Waals surface area contributed by atoms with Crippen LogP contribution < -0.4 is 10.5 Å². The van der Waals surface area contributed by atoms with E-state index in [0.29, 0.717) is 12.8 Å². The number of ether oxygens (including phenoxy) is 2. The number of hydrogen-bond donors (Lipinski definition) is 1. The predicted molar refractivity (Wildman–Crippen MR) is 73.1 cm³/mol. The van der Waals surface area contributed by atoms with E-state index in [9.17, 15) is 4.79 Å². The molecule has 0 amide bonds. The Labute approximate surface area is 113 Å². The van der Waals surface area contributed by atoms with Gasteiger partial charge in [0, 0.05) is 6.42 Å². The maximum absolute atomic E-state index is 11.6. The van der Waals surface area contributed by atoms with Crippen molar-refractivity contribution in [1.82, 2.24) is 0 Å². The fourth-order valence-corrected chi connectivity index (χ4v) is 2.71. The number of aryl methyl sites for hydroxylation is 2. The van der Waals surface area contributed by atoms with Gasteiger partial charge in [-0.15, -0.1) is 0 Å². The number of carbonyl (C=O) groups is 1. The fourth-order valence-electron chi connectivity index (χ4n) is 2.71. The van der Waals surface area contributed by atoms with Crippen molar-refractivity contribution in [3.05, 3.63) is 29.3 Å². The van der Waals surface area contributed by atoms with Crippen molar-refractivity contribution in [3.63, 3.8) is 0 Å². The molecule has 19 heavy (non-hydrogen) atoms. The summed E-state index contributed by atoms with van der Waals surface area (Å²) >= 11 is 0. The molecule has 1 fully saturated rings. The third-order valence-corrected chi connectivity index (χ3v) is 3.59. The highest BCUT2D eigenvalue weighted by molar-refractivity contribution is 5.80. The molecule has 2 atom stereocenters. The molecular weight excluding hydrogens is 242 g/mol. The van der Waals surface area contributed by atoms with E-state index in [2.05, 4.69) is 6.07 Å². The lowest BCUT2D eigenvalue weighted by Gasteiger charge is -2.21.